The number of ketones is 1. The number of nitrogens with one attached hydrogen (secondary N) is 1. The van der Waals surface area contributed by atoms with Crippen LogP contribution in [0.4, 0.5) is 0 Å². The molecule has 0 radical (unpaired) electrons. The maximum Gasteiger partial charge on any atom is 0.331 e. The molecule has 2 aromatic carbocycles. The zero-order chi connectivity index (χ0) is 30.5. The summed E-state index contributed by atoms with van der Waals surface area (Å²) in [7, 11) is 1.60. The number of hydrogen-bond acceptors (Lipinski definition) is 6. The highest BCUT2D eigenvalue weighted by Gasteiger charge is 2.21. The van der Waals surface area contributed by atoms with Gasteiger partial charge in [0, 0.05) is 28.6 Å². The van der Waals surface area contributed by atoms with E-state index in [4.69, 9.17) is 9.84 Å². The minimum atomic E-state index is -0.961. The van der Waals surface area contributed by atoms with Crippen molar-refractivity contribution < 1.29 is 24.2 Å². The van der Waals surface area contributed by atoms with Crippen molar-refractivity contribution >= 4 is 35.1 Å². The summed E-state index contributed by atoms with van der Waals surface area (Å²) >= 11 is 1.42. The van der Waals surface area contributed by atoms with Gasteiger partial charge in [0.25, 0.3) is 5.91 Å². The summed E-state index contributed by atoms with van der Waals surface area (Å²) in [5, 5.41) is 16.8. The van der Waals surface area contributed by atoms with Crippen molar-refractivity contribution in [2.45, 2.75) is 58.6 Å². The highest BCUT2D eigenvalue weighted by Crippen LogP contribution is 2.35. The fourth-order valence-corrected chi connectivity index (χ4v) is 6.34. The third kappa shape index (κ3) is 6.94. The van der Waals surface area contributed by atoms with Crippen LogP contribution in [0.5, 0.6) is 5.75 Å². The summed E-state index contributed by atoms with van der Waals surface area (Å²) in [5.74, 6) is -0.463. The Hall–Kier alpha value is -4.50. The van der Waals surface area contributed by atoms with Gasteiger partial charge < -0.3 is 15.2 Å². The van der Waals surface area contributed by atoms with E-state index in [1.165, 1.54) is 17.8 Å². The molecule has 0 atom stereocenters. The number of aromatic nitrogens is 2. The first kappa shape index (κ1) is 30.0. The molecular weight excluding hydrogens is 562 g/mol. The average molecular weight is 598 g/mol. The number of aliphatic carboxylic acids is 1. The van der Waals surface area contributed by atoms with Crippen molar-refractivity contribution in [1.82, 2.24) is 15.1 Å². The number of carboxylic acid groups (broad SMARTS) is 1. The van der Waals surface area contributed by atoms with Crippen LogP contribution in [-0.2, 0) is 11.4 Å². The van der Waals surface area contributed by atoms with Crippen LogP contribution >= 0.6 is 11.3 Å². The van der Waals surface area contributed by atoms with Crippen molar-refractivity contribution in [3.05, 3.63) is 87.9 Å². The number of carboxylic acids is 1. The smallest absolute Gasteiger partial charge is 0.331 e. The molecule has 0 spiro atoms. The summed E-state index contributed by atoms with van der Waals surface area (Å²) in [6.45, 7) is 3.36. The number of carbonyl (C=O) groups excluding carboxylic acids is 2. The van der Waals surface area contributed by atoms with E-state index in [2.05, 4.69) is 10.00 Å². The number of hydrogen-bond donors (Lipinski definition) is 2. The molecule has 8 nitrogen and oxygen atoms in total. The quantitative estimate of drug-likeness (QED) is 0.145. The zero-order valence-corrected chi connectivity index (χ0v) is 25.4. The van der Waals surface area contributed by atoms with Gasteiger partial charge in [0.2, 0.25) is 0 Å². The van der Waals surface area contributed by atoms with Crippen molar-refractivity contribution in [2.24, 2.45) is 0 Å². The topological polar surface area (TPSA) is 111 Å². The largest absolute Gasteiger partial charge is 0.489 e. The van der Waals surface area contributed by atoms with Crippen molar-refractivity contribution in [1.29, 1.82) is 0 Å². The maximum absolute atomic E-state index is 12.4. The van der Waals surface area contributed by atoms with Crippen molar-refractivity contribution in [2.75, 3.05) is 7.05 Å². The van der Waals surface area contributed by atoms with Gasteiger partial charge in [-0.25, -0.2) is 4.79 Å². The fourth-order valence-electron chi connectivity index (χ4n) is 5.38. The first-order valence-corrected chi connectivity index (χ1v) is 15.3. The van der Waals surface area contributed by atoms with Gasteiger partial charge in [-0.15, -0.1) is 11.3 Å². The molecule has 1 aliphatic rings. The number of thiophene rings is 1. The molecule has 2 heterocycles. The van der Waals surface area contributed by atoms with Gasteiger partial charge in [-0.2, -0.15) is 5.10 Å². The van der Waals surface area contributed by atoms with Crippen LogP contribution in [0.25, 0.3) is 27.8 Å². The minimum absolute atomic E-state index is 0.0149. The molecule has 0 bridgehead atoms. The molecule has 222 valence electrons. The zero-order valence-electron chi connectivity index (χ0n) is 24.6. The number of benzene rings is 2. The lowest BCUT2D eigenvalue weighted by molar-refractivity contribution is -0.132. The highest BCUT2D eigenvalue weighted by molar-refractivity contribution is 7.17. The Bertz CT molecular complexity index is 1680. The van der Waals surface area contributed by atoms with Gasteiger partial charge in [0.05, 0.1) is 22.3 Å². The van der Waals surface area contributed by atoms with E-state index in [0.717, 1.165) is 52.9 Å². The predicted octanol–water partition coefficient (Wildman–Crippen LogP) is 7.41. The summed E-state index contributed by atoms with van der Waals surface area (Å²) < 4.78 is 8.27. The van der Waals surface area contributed by atoms with Crippen LogP contribution in [-0.4, -0.2) is 39.6 Å². The molecule has 1 fully saturated rings. The lowest BCUT2D eigenvalue weighted by Crippen LogP contribution is -2.18. The van der Waals surface area contributed by atoms with Gasteiger partial charge >= 0.3 is 5.97 Å². The Balaban J connectivity index is 1.41. The molecule has 2 aromatic heterocycles. The molecule has 0 aliphatic heterocycles. The summed E-state index contributed by atoms with van der Waals surface area (Å²) in [4.78, 5) is 37.3. The van der Waals surface area contributed by atoms with Gasteiger partial charge in [-0.05, 0) is 98.5 Å². The van der Waals surface area contributed by atoms with E-state index in [-0.39, 0.29) is 29.9 Å². The molecule has 1 aliphatic carbocycles. The number of nitrogens with zero attached hydrogens (tertiary/aromatic N) is 2. The average Bonchev–Trinajstić information content (AvgIpc) is 3.68. The molecule has 0 unspecified atom stereocenters. The molecule has 4 aromatic rings. The summed E-state index contributed by atoms with van der Waals surface area (Å²) in [5.41, 5.74) is 5.06. The van der Waals surface area contributed by atoms with Gasteiger partial charge in [0.1, 0.15) is 12.4 Å². The third-order valence-electron chi connectivity index (χ3n) is 7.73. The Morgan fingerprint density at radius 3 is 2.42 bits per heavy atom. The number of amides is 1. The Morgan fingerprint density at radius 1 is 1.02 bits per heavy atom. The van der Waals surface area contributed by atoms with Crippen LogP contribution in [0.15, 0.2) is 66.2 Å². The molecular formula is C34H35N3O5S. The number of ether oxygens (including phenoxy) is 1. The van der Waals surface area contributed by atoms with E-state index in [0.29, 0.717) is 21.9 Å². The highest BCUT2D eigenvalue weighted by atomic mass is 32.1. The van der Waals surface area contributed by atoms with E-state index < -0.39 is 5.97 Å². The van der Waals surface area contributed by atoms with Crippen LogP contribution in [0.2, 0.25) is 0 Å². The second kappa shape index (κ2) is 13.2. The van der Waals surface area contributed by atoms with Crippen LogP contribution in [0.3, 0.4) is 0 Å². The number of Topliss-reactive ketones (excluding diaryl/α,β-unsaturated/α-hetero) is 1. The first-order valence-electron chi connectivity index (χ1n) is 14.4. The van der Waals surface area contributed by atoms with Crippen molar-refractivity contribution in [3.63, 3.8) is 0 Å². The second-order valence-corrected chi connectivity index (χ2v) is 11.9. The van der Waals surface area contributed by atoms with Crippen LogP contribution < -0.4 is 10.1 Å². The van der Waals surface area contributed by atoms with Crippen LogP contribution in [0, 0.1) is 0 Å². The van der Waals surface area contributed by atoms with Gasteiger partial charge in [-0.3, -0.25) is 14.3 Å². The van der Waals surface area contributed by atoms with E-state index in [1.807, 2.05) is 54.6 Å². The van der Waals surface area contributed by atoms with E-state index in [9.17, 15) is 19.5 Å². The molecule has 0 saturated heterocycles. The fraction of sp³-hybridized carbons (Fsp3) is 0.294. The standard InChI is InChI=1S/C34H35N3O5S/c1-21(34(40)41)17-26-19-30(37(36-26)27-7-5-4-6-8-27)23-9-12-28(13-10-23)42-20-25-18-24(33(39)35-3)11-14-29(25)32-16-15-31(43-32)22(2)38/h9-19,27H,4-8,20H2,1-3H3,(H,35,39)(H,40,41)/b21-17+. The second-order valence-electron chi connectivity index (χ2n) is 10.8. The molecule has 2 N–H and O–H groups in total. The summed E-state index contributed by atoms with van der Waals surface area (Å²) in [6, 6.07) is 19.3. The number of carbonyl (C=O) groups is 3. The lowest BCUT2D eigenvalue weighted by atomic mass is 9.95. The molecule has 43 heavy (non-hydrogen) atoms. The molecule has 5 rings (SSSR count). The number of rotatable bonds is 10. The Labute approximate surface area is 255 Å². The summed E-state index contributed by atoms with van der Waals surface area (Å²) in [6.07, 6.45) is 7.24. The SMILES string of the molecule is CNC(=O)c1ccc(-c2ccc(C(C)=O)s2)c(COc2ccc(-c3cc(/C=C(\C)C(=O)O)nn3C3CCCCC3)cc2)c1. The molecule has 1 amide bonds. The molecule has 9 heteroatoms. The van der Waals surface area contributed by atoms with Gasteiger partial charge in [0.15, 0.2) is 5.78 Å². The Kier molecular flexibility index (Phi) is 9.21. The van der Waals surface area contributed by atoms with Gasteiger partial charge in [-0.1, -0.05) is 25.3 Å². The monoisotopic (exact) mass is 597 g/mol. The van der Waals surface area contributed by atoms with E-state index >= 15 is 0 Å². The van der Waals surface area contributed by atoms with Crippen molar-refractivity contribution in [3.8, 4) is 27.4 Å². The molecule has 1 saturated carbocycles. The van der Waals surface area contributed by atoms with E-state index in [1.54, 1.807) is 33.0 Å². The lowest BCUT2D eigenvalue weighted by Gasteiger charge is -2.24. The minimum Gasteiger partial charge on any atom is -0.489 e. The Morgan fingerprint density at radius 2 is 1.77 bits per heavy atom. The third-order valence-corrected chi connectivity index (χ3v) is 8.95. The predicted molar refractivity (Wildman–Crippen MR) is 169 cm³/mol. The van der Waals surface area contributed by atoms with Crippen LogP contribution in [0.1, 0.15) is 83.3 Å². The normalized spacial score (nSPS) is 14.0. The maximum atomic E-state index is 12.4. The first-order chi connectivity index (χ1) is 20.7.